The van der Waals surface area contributed by atoms with Crippen molar-refractivity contribution in [1.29, 1.82) is 0 Å². The quantitative estimate of drug-likeness (QED) is 0.454. The molecule has 3 N–H and O–H groups in total. The molecule has 2 aliphatic heterocycles. The number of nitrogens with one attached hydrogen (secondary N) is 3. The minimum absolute atomic E-state index is 0.0909. The molecule has 1 saturated heterocycles. The van der Waals surface area contributed by atoms with Crippen LogP contribution < -0.4 is 20.7 Å². The standard InChI is InChI=1S/C30H39N7O3/c38-30-9-11-37(13-12-36-14-17-39-18-15-36)22-24-5-3-6-25(19-24)34-28-21-29(33-23-32-28)35-26-7-4-8-27(20-26)40-16-2-1-10-31-30/h3-8,19-21,23H,1-2,9-18,22H2,(H,31,38)(H2,32,33,34,35). The zero-order valence-corrected chi connectivity index (χ0v) is 23.0. The molecule has 2 aromatic carbocycles. The third kappa shape index (κ3) is 8.90. The zero-order chi connectivity index (χ0) is 27.4. The Balaban J connectivity index is 1.31. The molecule has 0 saturated carbocycles. The van der Waals surface area contributed by atoms with Crippen LogP contribution in [0.4, 0.5) is 23.0 Å². The lowest BCUT2D eigenvalue weighted by Gasteiger charge is -2.30. The molecule has 1 amide bonds. The fourth-order valence-corrected chi connectivity index (χ4v) is 4.83. The third-order valence-corrected chi connectivity index (χ3v) is 7.03. The lowest BCUT2D eigenvalue weighted by atomic mass is 10.1. The highest BCUT2D eigenvalue weighted by Crippen LogP contribution is 2.23. The maximum atomic E-state index is 12.6. The molecule has 5 rings (SSSR count). The zero-order valence-electron chi connectivity index (χ0n) is 23.0. The topological polar surface area (TPSA) is 104 Å². The highest BCUT2D eigenvalue weighted by Gasteiger charge is 2.15. The number of amides is 1. The minimum Gasteiger partial charge on any atom is -0.494 e. The van der Waals surface area contributed by atoms with Crippen molar-refractivity contribution in [3.63, 3.8) is 0 Å². The van der Waals surface area contributed by atoms with Crippen LogP contribution in [0.1, 0.15) is 24.8 Å². The van der Waals surface area contributed by atoms with Crippen molar-refractivity contribution in [2.24, 2.45) is 0 Å². The largest absolute Gasteiger partial charge is 0.494 e. The average Bonchev–Trinajstić information content (AvgIpc) is 2.97. The second-order valence-corrected chi connectivity index (χ2v) is 10.2. The minimum atomic E-state index is 0.0909. The van der Waals surface area contributed by atoms with Gasteiger partial charge in [-0.1, -0.05) is 18.2 Å². The molecule has 1 aromatic heterocycles. The molecular formula is C30H39N7O3. The number of rotatable bonds is 3. The first-order valence-electron chi connectivity index (χ1n) is 14.2. The Bertz CT molecular complexity index is 1240. The van der Waals surface area contributed by atoms with Gasteiger partial charge in [-0.25, -0.2) is 9.97 Å². The third-order valence-electron chi connectivity index (χ3n) is 7.03. The number of carbonyl (C=O) groups is 1. The first-order valence-corrected chi connectivity index (χ1v) is 14.2. The Morgan fingerprint density at radius 3 is 2.38 bits per heavy atom. The van der Waals surface area contributed by atoms with Gasteiger partial charge < -0.3 is 25.4 Å². The summed E-state index contributed by atoms with van der Waals surface area (Å²) < 4.78 is 11.4. The molecule has 212 valence electrons. The molecule has 3 heterocycles. The van der Waals surface area contributed by atoms with Crippen LogP contribution in [-0.4, -0.2) is 84.8 Å². The highest BCUT2D eigenvalue weighted by molar-refractivity contribution is 5.76. The summed E-state index contributed by atoms with van der Waals surface area (Å²) in [7, 11) is 0. The number of nitrogens with zero attached hydrogens (tertiary/aromatic N) is 4. The van der Waals surface area contributed by atoms with Crippen LogP contribution in [0.3, 0.4) is 0 Å². The van der Waals surface area contributed by atoms with Crippen molar-refractivity contribution in [2.45, 2.75) is 25.8 Å². The molecule has 0 aliphatic carbocycles. The number of benzene rings is 2. The van der Waals surface area contributed by atoms with Gasteiger partial charge in [0.1, 0.15) is 23.7 Å². The first-order chi connectivity index (χ1) is 19.7. The Hall–Kier alpha value is -3.73. The van der Waals surface area contributed by atoms with E-state index >= 15 is 0 Å². The molecule has 0 atom stereocenters. The lowest BCUT2D eigenvalue weighted by molar-refractivity contribution is -0.121. The molecule has 6 bridgehead atoms. The van der Waals surface area contributed by atoms with E-state index in [9.17, 15) is 4.79 Å². The van der Waals surface area contributed by atoms with Crippen LogP contribution in [-0.2, 0) is 16.1 Å². The average molecular weight is 546 g/mol. The number of fused-ring (bicyclic) bond motifs is 6. The van der Waals surface area contributed by atoms with Gasteiger partial charge in [-0.3, -0.25) is 14.6 Å². The number of anilines is 4. The number of morpholine rings is 1. The normalized spacial score (nSPS) is 18.1. The SMILES string of the molecule is O=C1CCN(CCN2CCOCC2)Cc2cccc(c2)Nc2cc(ncn2)Nc2cccc(c2)OCCCCN1. The van der Waals surface area contributed by atoms with Crippen LogP contribution in [0.25, 0.3) is 0 Å². The summed E-state index contributed by atoms with van der Waals surface area (Å²) in [4.78, 5) is 26.2. The molecule has 0 unspecified atom stereocenters. The van der Waals surface area contributed by atoms with Gasteiger partial charge in [0.25, 0.3) is 0 Å². The summed E-state index contributed by atoms with van der Waals surface area (Å²) in [6, 6.07) is 18.1. The maximum Gasteiger partial charge on any atom is 0.221 e. The molecule has 3 aromatic rings. The molecular weight excluding hydrogens is 506 g/mol. The fourth-order valence-electron chi connectivity index (χ4n) is 4.83. The first kappa shape index (κ1) is 27.8. The van der Waals surface area contributed by atoms with Gasteiger partial charge >= 0.3 is 0 Å². The second kappa shape index (κ2) is 14.6. The van der Waals surface area contributed by atoms with Crippen LogP contribution in [0.15, 0.2) is 60.9 Å². The van der Waals surface area contributed by atoms with Crippen molar-refractivity contribution in [3.8, 4) is 5.75 Å². The van der Waals surface area contributed by atoms with Gasteiger partial charge in [-0.2, -0.15) is 0 Å². The van der Waals surface area contributed by atoms with Gasteiger partial charge in [0.05, 0.1) is 19.8 Å². The van der Waals surface area contributed by atoms with Gasteiger partial charge in [0, 0.05) is 75.7 Å². The second-order valence-electron chi connectivity index (χ2n) is 10.2. The smallest absolute Gasteiger partial charge is 0.221 e. The predicted molar refractivity (Wildman–Crippen MR) is 156 cm³/mol. The van der Waals surface area contributed by atoms with Crippen LogP contribution in [0.5, 0.6) is 5.75 Å². The van der Waals surface area contributed by atoms with E-state index in [-0.39, 0.29) is 5.91 Å². The summed E-state index contributed by atoms with van der Waals surface area (Å²) in [5, 5.41) is 9.84. The molecule has 1 fully saturated rings. The van der Waals surface area contributed by atoms with Gasteiger partial charge in [-0.05, 0) is 42.7 Å². The predicted octanol–water partition coefficient (Wildman–Crippen LogP) is 3.78. The number of hydrogen-bond donors (Lipinski definition) is 3. The Labute approximate surface area is 236 Å². The van der Waals surface area contributed by atoms with E-state index in [4.69, 9.17) is 9.47 Å². The highest BCUT2D eigenvalue weighted by atomic mass is 16.5. The van der Waals surface area contributed by atoms with Crippen molar-refractivity contribution in [2.75, 3.05) is 69.7 Å². The van der Waals surface area contributed by atoms with E-state index in [1.54, 1.807) is 6.33 Å². The molecule has 0 radical (unpaired) electrons. The fraction of sp³-hybridized carbons (Fsp3) is 0.433. The Morgan fingerprint density at radius 1 is 0.800 bits per heavy atom. The van der Waals surface area contributed by atoms with Crippen LogP contribution in [0, 0.1) is 0 Å². The summed E-state index contributed by atoms with van der Waals surface area (Å²) in [5.74, 6) is 2.27. The number of carbonyl (C=O) groups excluding carboxylic acids is 1. The van der Waals surface area contributed by atoms with Crippen molar-refractivity contribution < 1.29 is 14.3 Å². The van der Waals surface area contributed by atoms with Gasteiger partial charge in [0.2, 0.25) is 5.91 Å². The van der Waals surface area contributed by atoms with Crippen molar-refractivity contribution >= 4 is 28.9 Å². The summed E-state index contributed by atoms with van der Waals surface area (Å²) in [5.41, 5.74) is 3.01. The monoisotopic (exact) mass is 545 g/mol. The lowest BCUT2D eigenvalue weighted by Crippen LogP contribution is -2.42. The number of aromatic nitrogens is 2. The molecule has 40 heavy (non-hydrogen) atoms. The summed E-state index contributed by atoms with van der Waals surface area (Å²) >= 11 is 0. The van der Waals surface area contributed by atoms with Gasteiger partial charge in [-0.15, -0.1) is 0 Å². The Kier molecular flexibility index (Phi) is 10.2. The van der Waals surface area contributed by atoms with E-state index < -0.39 is 0 Å². The summed E-state index contributed by atoms with van der Waals surface area (Å²) in [6.07, 6.45) is 3.75. The van der Waals surface area contributed by atoms with E-state index in [0.29, 0.717) is 37.8 Å². The number of ether oxygens (including phenoxy) is 2. The molecule has 10 nitrogen and oxygen atoms in total. The molecule has 10 heteroatoms. The van der Waals surface area contributed by atoms with Crippen molar-refractivity contribution in [3.05, 3.63) is 66.5 Å². The van der Waals surface area contributed by atoms with Crippen molar-refractivity contribution in [1.82, 2.24) is 25.1 Å². The molecule has 2 aliphatic rings. The molecule has 0 spiro atoms. The number of hydrogen-bond acceptors (Lipinski definition) is 9. The van der Waals surface area contributed by atoms with Gasteiger partial charge in [0.15, 0.2) is 0 Å². The summed E-state index contributed by atoms with van der Waals surface area (Å²) in [6.45, 7) is 8.04. The van der Waals surface area contributed by atoms with Crippen LogP contribution in [0.2, 0.25) is 0 Å². The Morgan fingerprint density at radius 2 is 1.55 bits per heavy atom. The maximum absolute atomic E-state index is 12.6. The van der Waals surface area contributed by atoms with Crippen LogP contribution >= 0.6 is 0 Å². The van der Waals surface area contributed by atoms with E-state index in [0.717, 1.165) is 75.9 Å². The van der Waals surface area contributed by atoms with E-state index in [2.05, 4.69) is 53.9 Å². The van der Waals surface area contributed by atoms with E-state index in [1.165, 1.54) is 5.56 Å². The van der Waals surface area contributed by atoms with E-state index in [1.807, 2.05) is 36.4 Å².